The Morgan fingerprint density at radius 2 is 2.00 bits per heavy atom. The molecular weight excluding hydrogens is 198 g/mol. The second-order valence-electron chi connectivity index (χ2n) is 2.72. The van der Waals surface area contributed by atoms with Crippen molar-refractivity contribution in [2.45, 2.75) is 16.2 Å². The number of benzene rings is 1. The number of hydrogen-bond donors (Lipinski definition) is 1. The van der Waals surface area contributed by atoms with Crippen LogP contribution in [0.5, 0.6) is 0 Å². The monoisotopic (exact) mass is 213 g/mol. The van der Waals surface area contributed by atoms with Gasteiger partial charge in [0.2, 0.25) is 0 Å². The molecule has 0 fully saturated rings. The van der Waals surface area contributed by atoms with Crippen molar-refractivity contribution in [1.29, 1.82) is 0 Å². The lowest BCUT2D eigenvalue weighted by Gasteiger charge is -2.07. The summed E-state index contributed by atoms with van der Waals surface area (Å²) in [7, 11) is 0. The van der Waals surface area contributed by atoms with E-state index >= 15 is 0 Å². The lowest BCUT2D eigenvalue weighted by molar-refractivity contribution is 0.940. The molecule has 0 unspecified atom stereocenters. The van der Waals surface area contributed by atoms with Gasteiger partial charge >= 0.3 is 0 Å². The predicted octanol–water partition coefficient (Wildman–Crippen LogP) is 2.63. The summed E-state index contributed by atoms with van der Waals surface area (Å²) in [5.41, 5.74) is 6.91. The fourth-order valence-corrected chi connectivity index (χ4v) is 2.41. The zero-order valence-electron chi connectivity index (χ0n) is 8.04. The van der Waals surface area contributed by atoms with Gasteiger partial charge in [-0.25, -0.2) is 0 Å². The first-order valence-corrected chi connectivity index (χ1v) is 6.67. The summed E-state index contributed by atoms with van der Waals surface area (Å²) in [5.74, 6) is 0. The highest BCUT2D eigenvalue weighted by Gasteiger charge is 2.01. The maximum absolute atomic E-state index is 5.54. The molecule has 0 saturated carbocycles. The first-order valence-electron chi connectivity index (χ1n) is 4.22. The Kier molecular flexibility index (Phi) is 4.70. The summed E-state index contributed by atoms with van der Waals surface area (Å²) in [4.78, 5) is 2.68. The molecule has 0 saturated heterocycles. The second kappa shape index (κ2) is 5.58. The molecule has 0 spiro atoms. The standard InChI is InChI=1S/C10H15NS2/c1-12-9-4-3-8(5-6-11)10(7-9)13-2/h3-4,7H,5-6,11H2,1-2H3. The van der Waals surface area contributed by atoms with Crippen LogP contribution in [0.15, 0.2) is 28.0 Å². The van der Waals surface area contributed by atoms with Crippen LogP contribution in [0.2, 0.25) is 0 Å². The Bertz CT molecular complexity index is 274. The zero-order chi connectivity index (χ0) is 9.68. The van der Waals surface area contributed by atoms with E-state index in [2.05, 4.69) is 30.7 Å². The van der Waals surface area contributed by atoms with Crippen molar-refractivity contribution in [2.24, 2.45) is 5.73 Å². The molecule has 0 radical (unpaired) electrons. The molecule has 0 bridgehead atoms. The van der Waals surface area contributed by atoms with Crippen LogP contribution in [-0.4, -0.2) is 19.1 Å². The molecule has 3 heteroatoms. The molecule has 13 heavy (non-hydrogen) atoms. The van der Waals surface area contributed by atoms with Crippen LogP contribution >= 0.6 is 23.5 Å². The van der Waals surface area contributed by atoms with Crippen molar-refractivity contribution < 1.29 is 0 Å². The van der Waals surface area contributed by atoms with E-state index in [0.29, 0.717) is 0 Å². The van der Waals surface area contributed by atoms with Gasteiger partial charge in [-0.3, -0.25) is 0 Å². The maximum Gasteiger partial charge on any atom is 0.0113 e. The van der Waals surface area contributed by atoms with Gasteiger partial charge < -0.3 is 5.73 Å². The summed E-state index contributed by atoms with van der Waals surface area (Å²) >= 11 is 3.58. The fourth-order valence-electron chi connectivity index (χ4n) is 1.21. The van der Waals surface area contributed by atoms with Gasteiger partial charge in [-0.2, -0.15) is 0 Å². The Morgan fingerprint density at radius 1 is 1.23 bits per heavy atom. The smallest absolute Gasteiger partial charge is 0.0113 e. The highest BCUT2D eigenvalue weighted by atomic mass is 32.2. The summed E-state index contributed by atoms with van der Waals surface area (Å²) in [6.45, 7) is 0.728. The van der Waals surface area contributed by atoms with Crippen LogP contribution in [0.25, 0.3) is 0 Å². The van der Waals surface area contributed by atoms with Gasteiger partial charge in [-0.05, 0) is 43.2 Å². The maximum atomic E-state index is 5.54. The predicted molar refractivity (Wildman–Crippen MR) is 62.8 cm³/mol. The van der Waals surface area contributed by atoms with Gasteiger partial charge in [0.05, 0.1) is 0 Å². The molecule has 0 aromatic heterocycles. The second-order valence-corrected chi connectivity index (χ2v) is 4.44. The largest absolute Gasteiger partial charge is 0.330 e. The number of hydrogen-bond acceptors (Lipinski definition) is 3. The van der Waals surface area contributed by atoms with Gasteiger partial charge in [0.25, 0.3) is 0 Å². The summed E-state index contributed by atoms with van der Waals surface area (Å²) in [5, 5.41) is 0. The SMILES string of the molecule is CSc1ccc(CCN)c(SC)c1. The van der Waals surface area contributed by atoms with Crippen molar-refractivity contribution in [3.05, 3.63) is 23.8 Å². The third-order valence-electron chi connectivity index (χ3n) is 1.91. The molecule has 1 nitrogen and oxygen atoms in total. The minimum atomic E-state index is 0.728. The quantitative estimate of drug-likeness (QED) is 0.779. The Balaban J connectivity index is 2.93. The first-order chi connectivity index (χ1) is 6.31. The molecule has 0 heterocycles. The van der Waals surface area contributed by atoms with E-state index in [0.717, 1.165) is 13.0 Å². The van der Waals surface area contributed by atoms with Gasteiger partial charge in [0.1, 0.15) is 0 Å². The average molecular weight is 213 g/mol. The third kappa shape index (κ3) is 2.93. The molecule has 1 aromatic carbocycles. The molecule has 0 amide bonds. The van der Waals surface area contributed by atoms with Gasteiger partial charge in [-0.1, -0.05) is 6.07 Å². The average Bonchev–Trinajstić information content (AvgIpc) is 2.19. The topological polar surface area (TPSA) is 26.0 Å². The lowest BCUT2D eigenvalue weighted by atomic mass is 10.1. The van der Waals surface area contributed by atoms with Gasteiger partial charge in [0.15, 0.2) is 0 Å². The molecule has 2 N–H and O–H groups in total. The molecule has 1 aromatic rings. The molecule has 0 aliphatic rings. The van der Waals surface area contributed by atoms with E-state index in [9.17, 15) is 0 Å². The molecular formula is C10H15NS2. The molecule has 1 rings (SSSR count). The van der Waals surface area contributed by atoms with Crippen LogP contribution in [-0.2, 0) is 6.42 Å². The highest BCUT2D eigenvalue weighted by Crippen LogP contribution is 2.26. The van der Waals surface area contributed by atoms with Crippen LogP contribution < -0.4 is 5.73 Å². The third-order valence-corrected chi connectivity index (χ3v) is 3.45. The zero-order valence-corrected chi connectivity index (χ0v) is 9.67. The summed E-state index contributed by atoms with van der Waals surface area (Å²) in [6.07, 6.45) is 5.19. The summed E-state index contributed by atoms with van der Waals surface area (Å²) in [6, 6.07) is 6.58. The van der Waals surface area contributed by atoms with E-state index in [1.807, 2.05) is 0 Å². The van der Waals surface area contributed by atoms with Gasteiger partial charge in [0, 0.05) is 9.79 Å². The minimum absolute atomic E-state index is 0.728. The first kappa shape index (κ1) is 11.0. The van der Waals surface area contributed by atoms with Crippen molar-refractivity contribution in [2.75, 3.05) is 19.1 Å². The normalized spacial score (nSPS) is 10.4. The number of rotatable bonds is 4. The van der Waals surface area contributed by atoms with Crippen LogP contribution in [0.4, 0.5) is 0 Å². The lowest BCUT2D eigenvalue weighted by Crippen LogP contribution is -2.03. The van der Waals surface area contributed by atoms with E-state index in [1.165, 1.54) is 15.4 Å². The number of nitrogens with two attached hydrogens (primary N) is 1. The van der Waals surface area contributed by atoms with E-state index in [-0.39, 0.29) is 0 Å². The Hall–Kier alpha value is -0.120. The van der Waals surface area contributed by atoms with Crippen molar-refractivity contribution in [3.8, 4) is 0 Å². The molecule has 72 valence electrons. The summed E-state index contributed by atoms with van der Waals surface area (Å²) < 4.78 is 0. The van der Waals surface area contributed by atoms with E-state index in [1.54, 1.807) is 23.5 Å². The van der Waals surface area contributed by atoms with Crippen LogP contribution in [0.1, 0.15) is 5.56 Å². The van der Waals surface area contributed by atoms with Crippen molar-refractivity contribution in [3.63, 3.8) is 0 Å². The minimum Gasteiger partial charge on any atom is -0.330 e. The Morgan fingerprint density at radius 3 is 2.54 bits per heavy atom. The molecule has 0 aliphatic carbocycles. The fraction of sp³-hybridized carbons (Fsp3) is 0.400. The Labute approximate surface area is 88.5 Å². The molecule has 0 atom stereocenters. The van der Waals surface area contributed by atoms with E-state index in [4.69, 9.17) is 5.73 Å². The van der Waals surface area contributed by atoms with Crippen molar-refractivity contribution >= 4 is 23.5 Å². The van der Waals surface area contributed by atoms with Gasteiger partial charge in [-0.15, -0.1) is 23.5 Å². The highest BCUT2D eigenvalue weighted by molar-refractivity contribution is 7.99. The molecule has 0 aliphatic heterocycles. The van der Waals surface area contributed by atoms with Crippen LogP contribution in [0, 0.1) is 0 Å². The van der Waals surface area contributed by atoms with E-state index < -0.39 is 0 Å². The van der Waals surface area contributed by atoms with Crippen LogP contribution in [0.3, 0.4) is 0 Å². The van der Waals surface area contributed by atoms with Crippen molar-refractivity contribution in [1.82, 2.24) is 0 Å². The number of thioether (sulfide) groups is 2.